The van der Waals surface area contributed by atoms with Gasteiger partial charge in [-0.1, -0.05) is 85.9 Å². The van der Waals surface area contributed by atoms with E-state index in [2.05, 4.69) is 26.6 Å². The standard InChI is InChI=1S/C20H31BrN2O/c21-18-14-12-17(13-15-18)16-22-20(24)23-19-10-8-6-4-2-1-3-5-7-9-11-19/h12-15,19H,1-11,16H2,(H2,22,23,24). The van der Waals surface area contributed by atoms with Gasteiger partial charge in [-0.3, -0.25) is 0 Å². The Bertz CT molecular complexity index is 463. The van der Waals surface area contributed by atoms with Crippen LogP contribution in [0.1, 0.15) is 76.2 Å². The molecule has 1 aromatic carbocycles. The predicted molar refractivity (Wildman–Crippen MR) is 104 cm³/mol. The Morgan fingerprint density at radius 1 is 0.875 bits per heavy atom. The lowest BCUT2D eigenvalue weighted by Crippen LogP contribution is -2.41. The molecule has 0 atom stereocenters. The van der Waals surface area contributed by atoms with E-state index in [9.17, 15) is 4.79 Å². The van der Waals surface area contributed by atoms with Gasteiger partial charge in [0.1, 0.15) is 0 Å². The summed E-state index contributed by atoms with van der Waals surface area (Å²) in [7, 11) is 0. The summed E-state index contributed by atoms with van der Waals surface area (Å²) in [5.41, 5.74) is 1.12. The van der Waals surface area contributed by atoms with Gasteiger partial charge < -0.3 is 10.6 Å². The first kappa shape index (κ1) is 19.3. The van der Waals surface area contributed by atoms with Crippen molar-refractivity contribution in [1.29, 1.82) is 0 Å². The third-order valence-electron chi connectivity index (χ3n) is 4.81. The molecule has 0 aromatic heterocycles. The molecule has 4 heteroatoms. The van der Waals surface area contributed by atoms with Gasteiger partial charge in [0.2, 0.25) is 0 Å². The second-order valence-electron chi connectivity index (χ2n) is 6.91. The second kappa shape index (κ2) is 11.5. The van der Waals surface area contributed by atoms with Gasteiger partial charge in [-0.05, 0) is 30.5 Å². The van der Waals surface area contributed by atoms with Crippen LogP contribution in [0.3, 0.4) is 0 Å². The minimum absolute atomic E-state index is 0.0324. The quantitative estimate of drug-likeness (QED) is 0.655. The average molecular weight is 395 g/mol. The predicted octanol–water partition coefficient (Wildman–Crippen LogP) is 5.92. The van der Waals surface area contributed by atoms with Crippen molar-refractivity contribution in [3.63, 3.8) is 0 Å². The van der Waals surface area contributed by atoms with E-state index in [1.165, 1.54) is 57.8 Å². The molecule has 0 saturated heterocycles. The maximum Gasteiger partial charge on any atom is 0.315 e. The lowest BCUT2D eigenvalue weighted by Gasteiger charge is -2.20. The topological polar surface area (TPSA) is 41.1 Å². The van der Waals surface area contributed by atoms with Gasteiger partial charge in [0, 0.05) is 17.1 Å². The molecule has 0 aliphatic heterocycles. The zero-order valence-corrected chi connectivity index (χ0v) is 16.2. The van der Waals surface area contributed by atoms with Crippen molar-refractivity contribution in [1.82, 2.24) is 10.6 Å². The van der Waals surface area contributed by atoms with Crippen LogP contribution in [-0.2, 0) is 6.54 Å². The molecule has 0 heterocycles. The van der Waals surface area contributed by atoms with Gasteiger partial charge in [0.15, 0.2) is 0 Å². The van der Waals surface area contributed by atoms with Crippen LogP contribution in [0, 0.1) is 0 Å². The first-order valence-electron chi connectivity index (χ1n) is 9.53. The summed E-state index contributed by atoms with van der Waals surface area (Å²) in [6.07, 6.45) is 14.2. The fourth-order valence-electron chi connectivity index (χ4n) is 3.33. The summed E-state index contributed by atoms with van der Waals surface area (Å²) in [6, 6.07) is 8.36. The van der Waals surface area contributed by atoms with Crippen LogP contribution in [0.15, 0.2) is 28.7 Å². The second-order valence-corrected chi connectivity index (χ2v) is 7.83. The zero-order valence-electron chi connectivity index (χ0n) is 14.7. The molecule has 2 N–H and O–H groups in total. The molecule has 1 saturated carbocycles. The first-order chi connectivity index (χ1) is 11.7. The maximum atomic E-state index is 12.2. The van der Waals surface area contributed by atoms with E-state index in [0.29, 0.717) is 12.6 Å². The fourth-order valence-corrected chi connectivity index (χ4v) is 3.59. The number of hydrogen-bond acceptors (Lipinski definition) is 1. The molecule has 0 radical (unpaired) electrons. The molecular weight excluding hydrogens is 364 g/mol. The molecule has 3 nitrogen and oxygen atoms in total. The monoisotopic (exact) mass is 394 g/mol. The number of urea groups is 1. The first-order valence-corrected chi connectivity index (χ1v) is 10.3. The number of halogens is 1. The van der Waals surface area contributed by atoms with Gasteiger partial charge >= 0.3 is 6.03 Å². The van der Waals surface area contributed by atoms with Crippen molar-refractivity contribution in [3.8, 4) is 0 Å². The summed E-state index contributed by atoms with van der Waals surface area (Å²) < 4.78 is 1.06. The molecule has 1 aromatic rings. The summed E-state index contributed by atoms with van der Waals surface area (Å²) in [6.45, 7) is 0.575. The fraction of sp³-hybridized carbons (Fsp3) is 0.650. The minimum atomic E-state index is -0.0324. The highest BCUT2D eigenvalue weighted by Crippen LogP contribution is 2.17. The molecular formula is C20H31BrN2O. The number of carbonyl (C=O) groups is 1. The lowest BCUT2D eigenvalue weighted by atomic mass is 9.98. The maximum absolute atomic E-state index is 12.2. The highest BCUT2D eigenvalue weighted by molar-refractivity contribution is 9.10. The number of carbonyl (C=O) groups excluding carboxylic acids is 1. The van der Waals surface area contributed by atoms with Crippen molar-refractivity contribution in [2.24, 2.45) is 0 Å². The Hall–Kier alpha value is -1.03. The molecule has 0 bridgehead atoms. The van der Waals surface area contributed by atoms with Gasteiger partial charge in [0.25, 0.3) is 0 Å². The van der Waals surface area contributed by atoms with E-state index in [1.807, 2.05) is 24.3 Å². The lowest BCUT2D eigenvalue weighted by molar-refractivity contribution is 0.234. The molecule has 24 heavy (non-hydrogen) atoms. The average Bonchev–Trinajstić information content (AvgIpc) is 2.57. The SMILES string of the molecule is O=C(NCc1ccc(Br)cc1)NC1CCCCCCCCCCC1. The van der Waals surface area contributed by atoms with E-state index >= 15 is 0 Å². The van der Waals surface area contributed by atoms with Crippen molar-refractivity contribution in [3.05, 3.63) is 34.3 Å². The van der Waals surface area contributed by atoms with E-state index in [-0.39, 0.29) is 6.03 Å². The Balaban J connectivity index is 1.73. The van der Waals surface area contributed by atoms with E-state index in [1.54, 1.807) is 0 Å². The Morgan fingerprint density at radius 2 is 1.38 bits per heavy atom. The third kappa shape index (κ3) is 8.18. The van der Waals surface area contributed by atoms with Crippen LogP contribution >= 0.6 is 15.9 Å². The molecule has 0 spiro atoms. The Labute approximate surface area is 155 Å². The van der Waals surface area contributed by atoms with Gasteiger partial charge in [-0.25, -0.2) is 4.79 Å². The molecule has 1 fully saturated rings. The van der Waals surface area contributed by atoms with Crippen molar-refractivity contribution in [2.75, 3.05) is 0 Å². The van der Waals surface area contributed by atoms with Crippen LogP contribution in [0.25, 0.3) is 0 Å². The van der Waals surface area contributed by atoms with Gasteiger partial charge in [-0.15, -0.1) is 0 Å². The largest absolute Gasteiger partial charge is 0.335 e. The smallest absolute Gasteiger partial charge is 0.315 e. The van der Waals surface area contributed by atoms with Crippen molar-refractivity contribution < 1.29 is 4.79 Å². The number of benzene rings is 1. The highest BCUT2D eigenvalue weighted by Gasteiger charge is 2.12. The summed E-state index contributed by atoms with van der Waals surface area (Å²) in [5, 5.41) is 6.18. The van der Waals surface area contributed by atoms with Crippen LogP contribution < -0.4 is 10.6 Å². The summed E-state index contributed by atoms with van der Waals surface area (Å²) in [5.74, 6) is 0. The van der Waals surface area contributed by atoms with Gasteiger partial charge in [-0.2, -0.15) is 0 Å². The van der Waals surface area contributed by atoms with Crippen LogP contribution in [0.5, 0.6) is 0 Å². The number of amides is 2. The normalized spacial score (nSPS) is 18.2. The summed E-state index contributed by atoms with van der Waals surface area (Å²) >= 11 is 3.43. The third-order valence-corrected chi connectivity index (χ3v) is 5.34. The van der Waals surface area contributed by atoms with E-state index in [0.717, 1.165) is 22.9 Å². The number of rotatable bonds is 3. The zero-order chi connectivity index (χ0) is 17.0. The van der Waals surface area contributed by atoms with Crippen LogP contribution in [0.2, 0.25) is 0 Å². The molecule has 1 aliphatic carbocycles. The van der Waals surface area contributed by atoms with Crippen molar-refractivity contribution >= 4 is 22.0 Å². The van der Waals surface area contributed by atoms with Crippen LogP contribution in [0.4, 0.5) is 4.79 Å². The van der Waals surface area contributed by atoms with Gasteiger partial charge in [0.05, 0.1) is 0 Å². The molecule has 2 amide bonds. The highest BCUT2D eigenvalue weighted by atomic mass is 79.9. The molecule has 2 rings (SSSR count). The number of nitrogens with one attached hydrogen (secondary N) is 2. The Morgan fingerprint density at radius 3 is 1.92 bits per heavy atom. The molecule has 1 aliphatic rings. The number of hydrogen-bond donors (Lipinski definition) is 2. The van der Waals surface area contributed by atoms with E-state index in [4.69, 9.17) is 0 Å². The van der Waals surface area contributed by atoms with E-state index < -0.39 is 0 Å². The Kier molecular flexibility index (Phi) is 9.26. The summed E-state index contributed by atoms with van der Waals surface area (Å²) in [4.78, 5) is 12.2. The molecule has 134 valence electrons. The van der Waals surface area contributed by atoms with Crippen molar-refractivity contribution in [2.45, 2.75) is 83.2 Å². The molecule has 0 unspecified atom stereocenters. The minimum Gasteiger partial charge on any atom is -0.335 e. The van der Waals surface area contributed by atoms with Crippen LogP contribution in [-0.4, -0.2) is 12.1 Å².